The van der Waals surface area contributed by atoms with E-state index < -0.39 is 11.9 Å². The Bertz CT molecular complexity index is 467. The van der Waals surface area contributed by atoms with E-state index in [1.54, 1.807) is 0 Å². The molecule has 0 fully saturated rings. The topological polar surface area (TPSA) is 78.9 Å². The fourth-order valence-corrected chi connectivity index (χ4v) is 1.93. The molecule has 0 aliphatic heterocycles. The summed E-state index contributed by atoms with van der Waals surface area (Å²) in [5.41, 5.74) is 0.489. The lowest BCUT2D eigenvalue weighted by molar-refractivity contribution is -0.146. The van der Waals surface area contributed by atoms with Gasteiger partial charge in [-0.2, -0.15) is 0 Å². The van der Waals surface area contributed by atoms with Gasteiger partial charge in [0.2, 0.25) is 0 Å². The highest BCUT2D eigenvalue weighted by Crippen LogP contribution is 2.21. The minimum Gasteiger partial charge on any atom is -0.459 e. The van der Waals surface area contributed by atoms with Crippen molar-refractivity contribution < 1.29 is 28.6 Å². The van der Waals surface area contributed by atoms with Crippen molar-refractivity contribution in [2.24, 2.45) is 5.92 Å². The van der Waals surface area contributed by atoms with E-state index in [0.717, 1.165) is 31.6 Å². The van der Waals surface area contributed by atoms with Gasteiger partial charge < -0.3 is 14.2 Å². The average molecular weight is 368 g/mol. The van der Waals surface area contributed by atoms with E-state index in [4.69, 9.17) is 9.47 Å². The van der Waals surface area contributed by atoms with Crippen LogP contribution in [0.4, 0.5) is 0 Å². The highest BCUT2D eigenvalue weighted by atomic mass is 16.6. The Morgan fingerprint density at radius 3 is 2.12 bits per heavy atom. The van der Waals surface area contributed by atoms with Gasteiger partial charge in [0.05, 0.1) is 6.26 Å². The lowest BCUT2D eigenvalue weighted by atomic mass is 9.92. The fourth-order valence-electron chi connectivity index (χ4n) is 1.93. The first kappa shape index (κ1) is 25.9. The fraction of sp³-hybridized carbons (Fsp3) is 0.550. The highest BCUT2D eigenvalue weighted by molar-refractivity contribution is 5.87. The van der Waals surface area contributed by atoms with Crippen LogP contribution < -0.4 is 0 Å². The minimum absolute atomic E-state index is 0.0386. The van der Waals surface area contributed by atoms with Crippen molar-refractivity contribution in [3.8, 4) is 0 Å². The zero-order chi connectivity index (χ0) is 20.4. The van der Waals surface area contributed by atoms with Gasteiger partial charge in [0, 0.05) is 18.6 Å². The summed E-state index contributed by atoms with van der Waals surface area (Å²) >= 11 is 0. The highest BCUT2D eigenvalue weighted by Gasteiger charge is 2.14. The third-order valence-electron chi connectivity index (χ3n) is 3.34. The molecule has 0 bridgehead atoms. The monoisotopic (exact) mass is 368 g/mol. The Labute approximate surface area is 156 Å². The maximum absolute atomic E-state index is 11.7. The standard InChI is InChI=1S/C16H26O4.C4H6O2/c1-5-8-9-14(6-2)12-13(4)16(18)20-11-10-19-15(17)7-3;1-3-6-4(2)5/h7,14H,3-6,8-12H2,1-2H3;3H,1H2,2H3. The second-order valence-electron chi connectivity index (χ2n) is 5.51. The Morgan fingerprint density at radius 1 is 1.08 bits per heavy atom. The zero-order valence-electron chi connectivity index (χ0n) is 16.3. The smallest absolute Gasteiger partial charge is 0.333 e. The molecule has 0 N–H and O–H groups in total. The summed E-state index contributed by atoms with van der Waals surface area (Å²) < 4.78 is 13.9. The van der Waals surface area contributed by atoms with E-state index in [1.165, 1.54) is 13.3 Å². The summed E-state index contributed by atoms with van der Waals surface area (Å²) in [7, 11) is 0. The van der Waals surface area contributed by atoms with Crippen LogP contribution in [0.5, 0.6) is 0 Å². The van der Waals surface area contributed by atoms with E-state index in [-0.39, 0.29) is 19.2 Å². The normalized spacial score (nSPS) is 10.4. The Morgan fingerprint density at radius 2 is 1.69 bits per heavy atom. The molecule has 0 heterocycles. The van der Waals surface area contributed by atoms with Gasteiger partial charge in [-0.3, -0.25) is 4.79 Å². The number of rotatable bonds is 12. The molecule has 0 aromatic rings. The van der Waals surface area contributed by atoms with E-state index >= 15 is 0 Å². The van der Waals surface area contributed by atoms with Crippen LogP contribution in [0.3, 0.4) is 0 Å². The molecule has 0 spiro atoms. The molecule has 0 saturated heterocycles. The molecule has 0 aliphatic rings. The number of ether oxygens (including phenoxy) is 3. The number of unbranched alkanes of at least 4 members (excludes halogenated alkanes) is 1. The number of hydrogen-bond acceptors (Lipinski definition) is 6. The summed E-state index contributed by atoms with van der Waals surface area (Å²) in [6, 6.07) is 0. The van der Waals surface area contributed by atoms with Crippen molar-refractivity contribution in [1.29, 1.82) is 0 Å². The quantitative estimate of drug-likeness (QED) is 0.170. The molecule has 6 heteroatoms. The van der Waals surface area contributed by atoms with Crippen LogP contribution in [0.2, 0.25) is 0 Å². The number of esters is 3. The lowest BCUT2D eigenvalue weighted by Crippen LogP contribution is -2.15. The molecule has 0 rings (SSSR count). The number of hydrogen-bond donors (Lipinski definition) is 0. The Balaban J connectivity index is 0. The molecule has 26 heavy (non-hydrogen) atoms. The minimum atomic E-state index is -0.523. The van der Waals surface area contributed by atoms with Crippen molar-refractivity contribution in [2.45, 2.75) is 52.9 Å². The largest absolute Gasteiger partial charge is 0.459 e. The molecule has 0 amide bonds. The molecule has 6 nitrogen and oxygen atoms in total. The van der Waals surface area contributed by atoms with Gasteiger partial charge >= 0.3 is 17.9 Å². The van der Waals surface area contributed by atoms with Gasteiger partial charge in [-0.15, -0.1) is 0 Å². The first-order chi connectivity index (χ1) is 12.3. The molecule has 148 valence electrons. The summed E-state index contributed by atoms with van der Waals surface area (Å²) in [5, 5.41) is 0. The van der Waals surface area contributed by atoms with Gasteiger partial charge in [0.1, 0.15) is 13.2 Å². The SMILES string of the molecule is C=CC(=O)OCCOC(=O)C(=C)CC(CC)CCCC.C=COC(C)=O. The zero-order valence-corrected chi connectivity index (χ0v) is 16.3. The second-order valence-corrected chi connectivity index (χ2v) is 5.51. The van der Waals surface area contributed by atoms with E-state index in [0.29, 0.717) is 17.9 Å². The van der Waals surface area contributed by atoms with Crippen LogP contribution in [0, 0.1) is 5.92 Å². The summed E-state index contributed by atoms with van der Waals surface area (Å²) in [4.78, 5) is 32.2. The Hall–Kier alpha value is -2.37. The van der Waals surface area contributed by atoms with Crippen LogP contribution >= 0.6 is 0 Å². The molecule has 0 saturated carbocycles. The summed E-state index contributed by atoms with van der Waals surface area (Å²) in [6.07, 6.45) is 7.30. The molecule has 1 atom stereocenters. The molecular formula is C20H32O6. The number of carbonyl (C=O) groups is 3. The molecule has 1 unspecified atom stereocenters. The van der Waals surface area contributed by atoms with Gasteiger partial charge in [0.15, 0.2) is 0 Å². The molecule has 0 aromatic carbocycles. The average Bonchev–Trinajstić information content (AvgIpc) is 2.61. The van der Waals surface area contributed by atoms with Gasteiger partial charge in [-0.1, -0.05) is 59.3 Å². The first-order valence-electron chi connectivity index (χ1n) is 8.74. The van der Waals surface area contributed by atoms with Crippen LogP contribution in [0.15, 0.2) is 37.6 Å². The van der Waals surface area contributed by atoms with Crippen molar-refractivity contribution in [2.75, 3.05) is 13.2 Å². The predicted octanol–water partition coefficient (Wildman–Crippen LogP) is 4.11. The van der Waals surface area contributed by atoms with Crippen molar-refractivity contribution in [3.63, 3.8) is 0 Å². The number of carbonyl (C=O) groups excluding carboxylic acids is 3. The van der Waals surface area contributed by atoms with Crippen LogP contribution in [-0.4, -0.2) is 31.1 Å². The van der Waals surface area contributed by atoms with Gasteiger partial charge in [-0.25, -0.2) is 9.59 Å². The van der Waals surface area contributed by atoms with E-state index in [1.807, 2.05) is 0 Å². The molecule has 0 aromatic heterocycles. The van der Waals surface area contributed by atoms with E-state index in [9.17, 15) is 14.4 Å². The van der Waals surface area contributed by atoms with Crippen molar-refractivity contribution in [3.05, 3.63) is 37.6 Å². The predicted molar refractivity (Wildman–Crippen MR) is 101 cm³/mol. The third kappa shape index (κ3) is 16.5. The second kappa shape index (κ2) is 17.5. The van der Waals surface area contributed by atoms with Crippen LogP contribution in [-0.2, 0) is 28.6 Å². The maximum atomic E-state index is 11.7. The first-order valence-corrected chi connectivity index (χ1v) is 8.74. The lowest BCUT2D eigenvalue weighted by Gasteiger charge is -2.15. The summed E-state index contributed by atoms with van der Waals surface area (Å²) in [6.45, 7) is 15.9. The molecule has 0 aliphatic carbocycles. The van der Waals surface area contributed by atoms with Crippen molar-refractivity contribution in [1.82, 2.24) is 0 Å². The van der Waals surface area contributed by atoms with Gasteiger partial charge in [-0.05, 0) is 12.3 Å². The van der Waals surface area contributed by atoms with Gasteiger partial charge in [0.25, 0.3) is 0 Å². The van der Waals surface area contributed by atoms with Crippen LogP contribution in [0.25, 0.3) is 0 Å². The Kier molecular flexibility index (Phi) is 17.4. The summed E-state index contributed by atoms with van der Waals surface area (Å²) in [5.74, 6) is -0.779. The van der Waals surface area contributed by atoms with E-state index in [2.05, 4.69) is 38.3 Å². The third-order valence-corrected chi connectivity index (χ3v) is 3.34. The maximum Gasteiger partial charge on any atom is 0.333 e. The van der Waals surface area contributed by atoms with Crippen LogP contribution in [0.1, 0.15) is 52.9 Å². The van der Waals surface area contributed by atoms with Crippen molar-refractivity contribution >= 4 is 17.9 Å². The molecule has 0 radical (unpaired) electrons. The molecular weight excluding hydrogens is 336 g/mol.